The smallest absolute Gasteiger partial charge is 0.339 e. The molecule has 2 rings (SSSR count). The van der Waals surface area contributed by atoms with Gasteiger partial charge in [-0.2, -0.15) is 0 Å². The molecule has 0 radical (unpaired) electrons. The second kappa shape index (κ2) is 9.32. The lowest BCUT2D eigenvalue weighted by Crippen LogP contribution is -2.25. The fraction of sp³-hybridized carbons (Fsp3) is 0.364. The van der Waals surface area contributed by atoms with Gasteiger partial charge < -0.3 is 14.5 Å². The zero-order valence-electron chi connectivity index (χ0n) is 17.3. The highest BCUT2D eigenvalue weighted by Crippen LogP contribution is 2.21. The summed E-state index contributed by atoms with van der Waals surface area (Å²) in [4.78, 5) is 51.6. The lowest BCUT2D eigenvalue weighted by atomic mass is 10.0. The van der Waals surface area contributed by atoms with Gasteiger partial charge in [-0.25, -0.2) is 4.79 Å². The number of esters is 2. The van der Waals surface area contributed by atoms with E-state index in [0.717, 1.165) is 5.56 Å². The third kappa shape index (κ3) is 5.19. The van der Waals surface area contributed by atoms with Crippen molar-refractivity contribution in [3.63, 3.8) is 0 Å². The van der Waals surface area contributed by atoms with Gasteiger partial charge in [0.1, 0.15) is 0 Å². The lowest BCUT2D eigenvalue weighted by Gasteiger charge is -2.12. The van der Waals surface area contributed by atoms with E-state index in [1.165, 1.54) is 14.0 Å². The minimum atomic E-state index is -1.06. The molecule has 0 spiro atoms. The Morgan fingerprint density at radius 2 is 1.62 bits per heavy atom. The van der Waals surface area contributed by atoms with Crippen molar-refractivity contribution in [3.05, 3.63) is 57.9 Å². The predicted octanol–water partition coefficient (Wildman–Crippen LogP) is 3.50. The molecule has 1 aromatic heterocycles. The van der Waals surface area contributed by atoms with Gasteiger partial charge in [-0.3, -0.25) is 14.4 Å². The molecule has 154 valence electrons. The Kier molecular flexibility index (Phi) is 7.09. The molecular weight excluding hydrogens is 374 g/mol. The number of hydrogen-bond acceptors (Lipinski definition) is 6. The maximum atomic E-state index is 12.6. The number of ketones is 2. The van der Waals surface area contributed by atoms with E-state index in [9.17, 15) is 19.2 Å². The molecule has 0 aliphatic rings. The molecule has 0 saturated heterocycles. The van der Waals surface area contributed by atoms with Crippen LogP contribution in [0.25, 0.3) is 0 Å². The third-order valence-electron chi connectivity index (χ3n) is 4.68. The molecule has 0 saturated carbocycles. The summed E-state index contributed by atoms with van der Waals surface area (Å²) < 4.78 is 9.91. The van der Waals surface area contributed by atoms with Crippen LogP contribution in [0.5, 0.6) is 0 Å². The standard InChI is InChI=1S/C22H25NO6/c1-12-6-8-16(9-7-12)17(24)10-11-18(25)29-15(4)21(26)20-13(2)19(14(3)23-20)22(27)28-5/h6-9,15,23H,10-11H2,1-5H3. The van der Waals surface area contributed by atoms with Crippen molar-refractivity contribution in [2.24, 2.45) is 0 Å². The Morgan fingerprint density at radius 1 is 1.00 bits per heavy atom. The Morgan fingerprint density at radius 3 is 2.21 bits per heavy atom. The highest BCUT2D eigenvalue weighted by atomic mass is 16.5. The number of ether oxygens (including phenoxy) is 2. The number of rotatable bonds is 8. The molecule has 2 aromatic rings. The fourth-order valence-electron chi connectivity index (χ4n) is 3.02. The number of aryl methyl sites for hydroxylation is 2. The Labute approximate surface area is 169 Å². The summed E-state index contributed by atoms with van der Waals surface area (Å²) in [5, 5.41) is 0. The summed E-state index contributed by atoms with van der Waals surface area (Å²) in [6.07, 6.45) is -1.18. The summed E-state index contributed by atoms with van der Waals surface area (Å²) in [7, 11) is 1.26. The van der Waals surface area contributed by atoms with Crippen LogP contribution in [0.15, 0.2) is 24.3 Å². The van der Waals surface area contributed by atoms with Crippen molar-refractivity contribution in [2.75, 3.05) is 7.11 Å². The topological polar surface area (TPSA) is 103 Å². The number of aromatic amines is 1. The number of H-pyrrole nitrogens is 1. The van der Waals surface area contributed by atoms with Gasteiger partial charge in [0.15, 0.2) is 11.9 Å². The molecule has 7 heteroatoms. The number of aromatic nitrogens is 1. The van der Waals surface area contributed by atoms with Gasteiger partial charge in [0.25, 0.3) is 0 Å². The first-order chi connectivity index (χ1) is 13.6. The van der Waals surface area contributed by atoms with E-state index in [1.807, 2.05) is 19.1 Å². The van der Waals surface area contributed by atoms with E-state index < -0.39 is 23.8 Å². The van der Waals surface area contributed by atoms with Crippen LogP contribution in [0.3, 0.4) is 0 Å². The van der Waals surface area contributed by atoms with Gasteiger partial charge in [0.2, 0.25) is 5.78 Å². The van der Waals surface area contributed by atoms with E-state index in [-0.39, 0.29) is 29.9 Å². The van der Waals surface area contributed by atoms with Crippen molar-refractivity contribution < 1.29 is 28.7 Å². The normalized spacial score (nSPS) is 11.6. The molecule has 0 aliphatic carbocycles. The number of carbonyl (C=O) groups is 4. The second-order valence-corrected chi connectivity index (χ2v) is 6.90. The molecule has 7 nitrogen and oxygen atoms in total. The summed E-state index contributed by atoms with van der Waals surface area (Å²) in [6, 6.07) is 7.08. The number of nitrogens with one attached hydrogen (secondary N) is 1. The van der Waals surface area contributed by atoms with Gasteiger partial charge in [-0.15, -0.1) is 0 Å². The molecule has 29 heavy (non-hydrogen) atoms. The molecular formula is C22H25NO6. The lowest BCUT2D eigenvalue weighted by molar-refractivity contribution is -0.146. The van der Waals surface area contributed by atoms with E-state index in [0.29, 0.717) is 16.8 Å². The first-order valence-corrected chi connectivity index (χ1v) is 9.26. The largest absolute Gasteiger partial charge is 0.465 e. The van der Waals surface area contributed by atoms with Crippen LogP contribution >= 0.6 is 0 Å². The molecule has 0 fully saturated rings. The van der Waals surface area contributed by atoms with Crippen molar-refractivity contribution in [3.8, 4) is 0 Å². The van der Waals surface area contributed by atoms with Crippen LogP contribution in [0, 0.1) is 20.8 Å². The summed E-state index contributed by atoms with van der Waals surface area (Å²) in [5.41, 5.74) is 2.99. The fourth-order valence-corrected chi connectivity index (χ4v) is 3.02. The number of carbonyl (C=O) groups excluding carboxylic acids is 4. The van der Waals surface area contributed by atoms with Crippen LogP contribution in [0.1, 0.15) is 67.8 Å². The Bertz CT molecular complexity index is 939. The van der Waals surface area contributed by atoms with Crippen molar-refractivity contribution >= 4 is 23.5 Å². The molecule has 1 unspecified atom stereocenters. The first-order valence-electron chi connectivity index (χ1n) is 9.26. The maximum Gasteiger partial charge on any atom is 0.339 e. The van der Waals surface area contributed by atoms with Gasteiger partial charge in [-0.1, -0.05) is 29.8 Å². The molecule has 0 bridgehead atoms. The first kappa shape index (κ1) is 22.1. The Hall–Kier alpha value is -3.22. The highest BCUT2D eigenvalue weighted by Gasteiger charge is 2.27. The van der Waals surface area contributed by atoms with Crippen LogP contribution < -0.4 is 0 Å². The van der Waals surface area contributed by atoms with Crippen molar-refractivity contribution in [1.29, 1.82) is 0 Å². The number of Topliss-reactive ketones (excluding diaryl/α,β-unsaturated/α-hetero) is 2. The summed E-state index contributed by atoms with van der Waals surface area (Å²) >= 11 is 0. The summed E-state index contributed by atoms with van der Waals surface area (Å²) in [5.74, 6) is -1.81. The zero-order chi connectivity index (χ0) is 21.7. The average molecular weight is 399 g/mol. The minimum absolute atomic E-state index is 0.00404. The van der Waals surface area contributed by atoms with Crippen LogP contribution in [-0.2, 0) is 14.3 Å². The highest BCUT2D eigenvalue weighted by molar-refractivity contribution is 6.04. The monoisotopic (exact) mass is 399 g/mol. The van der Waals surface area contributed by atoms with Gasteiger partial charge >= 0.3 is 11.9 Å². The second-order valence-electron chi connectivity index (χ2n) is 6.90. The van der Waals surface area contributed by atoms with Crippen LogP contribution in [0.2, 0.25) is 0 Å². The van der Waals surface area contributed by atoms with Gasteiger partial charge in [-0.05, 0) is 33.3 Å². The Balaban J connectivity index is 1.97. The predicted molar refractivity (Wildman–Crippen MR) is 106 cm³/mol. The summed E-state index contributed by atoms with van der Waals surface area (Å²) in [6.45, 7) is 6.65. The van der Waals surface area contributed by atoms with Gasteiger partial charge in [0, 0.05) is 17.7 Å². The molecule has 0 amide bonds. The molecule has 1 heterocycles. The molecule has 1 atom stereocenters. The minimum Gasteiger partial charge on any atom is -0.465 e. The van der Waals surface area contributed by atoms with Gasteiger partial charge in [0.05, 0.1) is 24.8 Å². The SMILES string of the molecule is COC(=O)c1c(C)[nH]c(C(=O)C(C)OC(=O)CCC(=O)c2ccc(C)cc2)c1C. The van der Waals surface area contributed by atoms with E-state index >= 15 is 0 Å². The number of benzene rings is 1. The van der Waals surface area contributed by atoms with Crippen molar-refractivity contribution in [2.45, 2.75) is 46.6 Å². The zero-order valence-corrected chi connectivity index (χ0v) is 17.3. The third-order valence-corrected chi connectivity index (χ3v) is 4.68. The number of hydrogen-bond donors (Lipinski definition) is 1. The molecule has 1 N–H and O–H groups in total. The van der Waals surface area contributed by atoms with E-state index in [2.05, 4.69) is 4.98 Å². The number of methoxy groups -OCH3 is 1. The molecule has 1 aromatic carbocycles. The average Bonchev–Trinajstić information content (AvgIpc) is 2.99. The van der Waals surface area contributed by atoms with Crippen LogP contribution in [-0.4, -0.2) is 41.7 Å². The maximum absolute atomic E-state index is 12.6. The molecule has 0 aliphatic heterocycles. The van der Waals surface area contributed by atoms with Crippen LogP contribution in [0.4, 0.5) is 0 Å². The van der Waals surface area contributed by atoms with Crippen molar-refractivity contribution in [1.82, 2.24) is 4.98 Å². The van der Waals surface area contributed by atoms with E-state index in [1.54, 1.807) is 26.0 Å². The quantitative estimate of drug-likeness (QED) is 0.538. The van der Waals surface area contributed by atoms with E-state index in [4.69, 9.17) is 9.47 Å².